The van der Waals surface area contributed by atoms with Crippen LogP contribution in [0.1, 0.15) is 6.92 Å². The maximum Gasteiger partial charge on any atom is 0.204 e. The minimum atomic E-state index is 0.540. The predicted molar refractivity (Wildman–Crippen MR) is 87.3 cm³/mol. The number of azo groups is 1. The second kappa shape index (κ2) is 6.23. The summed E-state index contributed by atoms with van der Waals surface area (Å²) in [6.07, 6.45) is 0. The number of hydrogen-bond donors (Lipinski definition) is 1. The van der Waals surface area contributed by atoms with Gasteiger partial charge in [0.25, 0.3) is 0 Å². The highest BCUT2D eigenvalue weighted by atomic mass is 32.1. The molecular formula is C15H13N5S. The van der Waals surface area contributed by atoms with Crippen molar-refractivity contribution < 1.29 is 0 Å². The molecule has 0 fully saturated rings. The number of benzene rings is 2. The molecular weight excluding hydrogens is 282 g/mol. The number of anilines is 1. The van der Waals surface area contributed by atoms with Crippen molar-refractivity contribution in [3.05, 3.63) is 54.6 Å². The molecule has 0 atom stereocenters. The maximum absolute atomic E-state index is 4.43. The van der Waals surface area contributed by atoms with Crippen molar-refractivity contribution in [2.24, 2.45) is 15.3 Å². The average Bonchev–Trinajstić information content (AvgIpc) is 2.95. The predicted octanol–water partition coefficient (Wildman–Crippen LogP) is 4.83. The lowest BCUT2D eigenvalue weighted by Gasteiger charge is -1.94. The van der Waals surface area contributed by atoms with Crippen LogP contribution in [0.3, 0.4) is 0 Å². The van der Waals surface area contributed by atoms with Gasteiger partial charge in [-0.15, -0.1) is 10.2 Å². The van der Waals surface area contributed by atoms with E-state index in [1.54, 1.807) is 18.3 Å². The van der Waals surface area contributed by atoms with Crippen molar-refractivity contribution in [3.8, 4) is 0 Å². The first-order valence-corrected chi connectivity index (χ1v) is 7.25. The smallest absolute Gasteiger partial charge is 0.204 e. The first-order valence-electron chi connectivity index (χ1n) is 6.44. The largest absolute Gasteiger partial charge is 0.251 e. The zero-order valence-corrected chi connectivity index (χ0v) is 12.2. The summed E-state index contributed by atoms with van der Waals surface area (Å²) in [6, 6.07) is 17.5. The Morgan fingerprint density at radius 3 is 2.62 bits per heavy atom. The molecule has 0 aliphatic rings. The van der Waals surface area contributed by atoms with E-state index in [4.69, 9.17) is 0 Å². The molecule has 0 aliphatic carbocycles. The van der Waals surface area contributed by atoms with Gasteiger partial charge in [0.1, 0.15) is 0 Å². The number of rotatable bonds is 3. The van der Waals surface area contributed by atoms with Crippen molar-refractivity contribution in [3.63, 3.8) is 0 Å². The monoisotopic (exact) mass is 295 g/mol. The van der Waals surface area contributed by atoms with Gasteiger partial charge in [0.15, 0.2) is 5.84 Å². The summed E-state index contributed by atoms with van der Waals surface area (Å²) in [6.45, 7) is 1.78. The fourth-order valence-electron chi connectivity index (χ4n) is 1.70. The van der Waals surface area contributed by atoms with Crippen molar-refractivity contribution >= 4 is 38.2 Å². The summed E-state index contributed by atoms with van der Waals surface area (Å²) in [5.74, 6) is 0.540. The average molecular weight is 295 g/mol. The Kier molecular flexibility index (Phi) is 3.97. The maximum atomic E-state index is 4.43. The van der Waals surface area contributed by atoms with Gasteiger partial charge < -0.3 is 0 Å². The lowest BCUT2D eigenvalue weighted by Crippen LogP contribution is -1.93. The lowest BCUT2D eigenvalue weighted by atomic mass is 10.3. The molecule has 3 aromatic rings. The standard InChI is InChI=1S/C15H13N5S/c1-11(17-19-12-7-3-2-4-8-12)18-20-15-16-13-9-5-6-10-14(13)21-15/h2-10H,1H3,(H,16,20)/b18-11+,19-17+. The molecule has 1 N–H and O–H groups in total. The molecule has 0 bridgehead atoms. The van der Waals surface area contributed by atoms with Crippen LogP contribution in [0, 0.1) is 0 Å². The zero-order chi connectivity index (χ0) is 14.5. The number of fused-ring (bicyclic) bond motifs is 1. The normalized spacial score (nSPS) is 12.1. The number of nitrogens with one attached hydrogen (secondary N) is 1. The summed E-state index contributed by atoms with van der Waals surface area (Å²) in [5.41, 5.74) is 4.67. The van der Waals surface area contributed by atoms with Crippen LogP contribution in [0.4, 0.5) is 10.8 Å². The molecule has 21 heavy (non-hydrogen) atoms. The number of para-hydroxylation sites is 1. The molecule has 3 rings (SSSR count). The van der Waals surface area contributed by atoms with Gasteiger partial charge in [0.05, 0.1) is 15.9 Å². The van der Waals surface area contributed by atoms with Crippen molar-refractivity contribution in [2.75, 3.05) is 5.43 Å². The molecule has 0 unspecified atom stereocenters. The number of hydrazone groups is 1. The van der Waals surface area contributed by atoms with Crippen LogP contribution in [0.25, 0.3) is 10.2 Å². The second-order valence-corrected chi connectivity index (χ2v) is 5.32. The van der Waals surface area contributed by atoms with Crippen LogP contribution in [0.2, 0.25) is 0 Å². The summed E-state index contributed by atoms with van der Waals surface area (Å²) < 4.78 is 1.12. The Hall–Kier alpha value is -2.60. The van der Waals surface area contributed by atoms with E-state index in [1.807, 2.05) is 54.6 Å². The highest BCUT2D eigenvalue weighted by Gasteiger charge is 2.01. The molecule has 0 saturated heterocycles. The number of aromatic nitrogens is 1. The van der Waals surface area contributed by atoms with Crippen LogP contribution in [-0.4, -0.2) is 10.8 Å². The molecule has 6 heteroatoms. The number of nitrogens with zero attached hydrogens (tertiary/aromatic N) is 4. The van der Waals surface area contributed by atoms with Crippen molar-refractivity contribution in [1.82, 2.24) is 4.98 Å². The molecule has 5 nitrogen and oxygen atoms in total. The molecule has 0 radical (unpaired) electrons. The summed E-state index contributed by atoms with van der Waals surface area (Å²) >= 11 is 1.55. The summed E-state index contributed by atoms with van der Waals surface area (Å²) in [4.78, 5) is 4.43. The molecule has 104 valence electrons. The van der Waals surface area contributed by atoms with E-state index >= 15 is 0 Å². The van der Waals surface area contributed by atoms with Crippen LogP contribution in [0.15, 0.2) is 69.9 Å². The van der Waals surface area contributed by atoms with Gasteiger partial charge >= 0.3 is 0 Å². The minimum Gasteiger partial charge on any atom is -0.251 e. The van der Waals surface area contributed by atoms with Crippen LogP contribution in [-0.2, 0) is 0 Å². The van der Waals surface area contributed by atoms with E-state index in [-0.39, 0.29) is 0 Å². The molecule has 0 saturated carbocycles. The second-order valence-electron chi connectivity index (χ2n) is 4.29. The Morgan fingerprint density at radius 2 is 1.81 bits per heavy atom. The zero-order valence-electron chi connectivity index (χ0n) is 11.4. The molecule has 0 aliphatic heterocycles. The fraction of sp³-hybridized carbons (Fsp3) is 0.0667. The molecule has 1 aromatic heterocycles. The number of amidine groups is 1. The van der Waals surface area contributed by atoms with E-state index in [9.17, 15) is 0 Å². The van der Waals surface area contributed by atoms with Gasteiger partial charge in [0.2, 0.25) is 5.13 Å². The van der Waals surface area contributed by atoms with Gasteiger partial charge in [-0.3, -0.25) is 5.43 Å². The summed E-state index contributed by atoms with van der Waals surface area (Å²) in [5, 5.41) is 13.1. The molecule has 1 heterocycles. The van der Waals surface area contributed by atoms with Gasteiger partial charge in [-0.25, -0.2) is 4.98 Å². The fourth-order valence-corrected chi connectivity index (χ4v) is 2.50. The topological polar surface area (TPSA) is 62.0 Å². The minimum absolute atomic E-state index is 0.540. The third-order valence-corrected chi connectivity index (χ3v) is 3.61. The van der Waals surface area contributed by atoms with Gasteiger partial charge in [0, 0.05) is 0 Å². The number of thiazole rings is 1. The molecule has 0 spiro atoms. The van der Waals surface area contributed by atoms with E-state index < -0.39 is 0 Å². The van der Waals surface area contributed by atoms with Crippen molar-refractivity contribution in [1.29, 1.82) is 0 Å². The molecule has 2 aromatic carbocycles. The third kappa shape index (κ3) is 3.49. The van der Waals surface area contributed by atoms with Crippen LogP contribution >= 0.6 is 11.3 Å². The van der Waals surface area contributed by atoms with Crippen LogP contribution < -0.4 is 5.43 Å². The number of hydrogen-bond acceptors (Lipinski definition) is 5. The van der Waals surface area contributed by atoms with E-state index in [2.05, 4.69) is 25.7 Å². The molecule has 0 amide bonds. The first kappa shape index (κ1) is 13.4. The Labute approximate surface area is 126 Å². The Balaban J connectivity index is 1.69. The summed E-state index contributed by atoms with van der Waals surface area (Å²) in [7, 11) is 0. The highest BCUT2D eigenvalue weighted by molar-refractivity contribution is 7.22. The van der Waals surface area contributed by atoms with Gasteiger partial charge in [-0.1, -0.05) is 41.7 Å². The highest BCUT2D eigenvalue weighted by Crippen LogP contribution is 2.25. The van der Waals surface area contributed by atoms with Crippen molar-refractivity contribution in [2.45, 2.75) is 6.92 Å². The van der Waals surface area contributed by atoms with Gasteiger partial charge in [-0.2, -0.15) is 5.10 Å². The quantitative estimate of drug-likeness (QED) is 0.326. The van der Waals surface area contributed by atoms with Gasteiger partial charge in [-0.05, 0) is 31.2 Å². The Morgan fingerprint density at radius 1 is 1.05 bits per heavy atom. The van der Waals surface area contributed by atoms with E-state index in [0.29, 0.717) is 5.84 Å². The first-order chi connectivity index (χ1) is 10.3. The van der Waals surface area contributed by atoms with E-state index in [1.165, 1.54) is 0 Å². The van der Waals surface area contributed by atoms with E-state index in [0.717, 1.165) is 21.0 Å². The van der Waals surface area contributed by atoms with Crippen LogP contribution in [0.5, 0.6) is 0 Å². The third-order valence-electron chi connectivity index (χ3n) is 2.67. The Bertz CT molecular complexity index is 759. The SMILES string of the molecule is CC(/N=N/c1ccccc1)=N\Nc1nc2ccccc2s1. The lowest BCUT2D eigenvalue weighted by molar-refractivity contribution is 1.21.